The van der Waals surface area contributed by atoms with E-state index in [1.807, 2.05) is 26.8 Å². The number of methoxy groups -OCH3 is 1. The zero-order chi connectivity index (χ0) is 43.2. The van der Waals surface area contributed by atoms with Crippen molar-refractivity contribution in [3.8, 4) is 11.6 Å². The molecule has 0 spiro atoms. The van der Waals surface area contributed by atoms with Crippen molar-refractivity contribution in [2.75, 3.05) is 13.7 Å². The van der Waals surface area contributed by atoms with Gasteiger partial charge in [-0.05, 0) is 76.3 Å². The number of amides is 4. The summed E-state index contributed by atoms with van der Waals surface area (Å²) in [6.45, 7) is 8.57. The maximum absolute atomic E-state index is 14.8. The number of ether oxygens (including phenoxy) is 3. The van der Waals surface area contributed by atoms with E-state index in [1.54, 1.807) is 31.2 Å². The summed E-state index contributed by atoms with van der Waals surface area (Å²) in [6, 6.07) is 2.40. The molecule has 324 valence electrons. The molecule has 3 N–H and O–H groups in total. The van der Waals surface area contributed by atoms with E-state index in [0.29, 0.717) is 68.4 Å². The van der Waals surface area contributed by atoms with Crippen molar-refractivity contribution in [3.05, 3.63) is 36.0 Å². The van der Waals surface area contributed by atoms with E-state index >= 15 is 0 Å². The lowest BCUT2D eigenvalue weighted by molar-refractivity contribution is -0.244. The predicted octanol–water partition coefficient (Wildman–Crippen LogP) is 5.04. The molecule has 15 nitrogen and oxygen atoms in total. The van der Waals surface area contributed by atoms with Crippen molar-refractivity contribution in [1.82, 2.24) is 30.2 Å². The van der Waals surface area contributed by atoms with Crippen molar-refractivity contribution in [1.29, 1.82) is 0 Å². The molecular formula is C40H53F3N6O9S. The van der Waals surface area contributed by atoms with Crippen LogP contribution in [0.3, 0.4) is 0 Å². The van der Waals surface area contributed by atoms with Crippen LogP contribution in [0.2, 0.25) is 0 Å². The average molecular weight is 851 g/mol. The topological polar surface area (TPSA) is 195 Å². The Morgan fingerprint density at radius 3 is 2.41 bits per heavy atom. The van der Waals surface area contributed by atoms with Gasteiger partial charge in [0.05, 0.1) is 29.9 Å². The first-order valence-electron chi connectivity index (χ1n) is 20.0. The maximum atomic E-state index is 14.8. The lowest BCUT2D eigenvalue weighted by Crippen LogP contribution is -2.59. The number of aromatic nitrogens is 2. The van der Waals surface area contributed by atoms with E-state index in [9.17, 15) is 40.8 Å². The predicted molar refractivity (Wildman–Crippen MR) is 209 cm³/mol. The summed E-state index contributed by atoms with van der Waals surface area (Å²) in [7, 11) is -2.48. The first-order chi connectivity index (χ1) is 27.5. The van der Waals surface area contributed by atoms with Gasteiger partial charge in [-0.25, -0.2) is 23.2 Å². The maximum Gasteiger partial charge on any atom is 0.427 e. The molecule has 2 saturated carbocycles. The summed E-state index contributed by atoms with van der Waals surface area (Å²) in [5.74, 6) is -3.19. The van der Waals surface area contributed by atoms with Gasteiger partial charge in [-0.2, -0.15) is 13.2 Å². The molecule has 7 atom stereocenters. The van der Waals surface area contributed by atoms with Gasteiger partial charge in [-0.3, -0.25) is 19.1 Å². The fourth-order valence-corrected chi connectivity index (χ4v) is 9.09. The van der Waals surface area contributed by atoms with Crippen LogP contribution < -0.4 is 24.8 Å². The minimum Gasteiger partial charge on any atom is -0.497 e. The van der Waals surface area contributed by atoms with Crippen LogP contribution in [0.4, 0.5) is 18.0 Å². The third kappa shape index (κ3) is 9.54. The van der Waals surface area contributed by atoms with Crippen molar-refractivity contribution in [3.63, 3.8) is 0 Å². The van der Waals surface area contributed by atoms with E-state index < -0.39 is 86.4 Å². The highest BCUT2D eigenvalue weighted by molar-refractivity contribution is 7.91. The Balaban J connectivity index is 1.37. The highest BCUT2D eigenvalue weighted by Crippen LogP contribution is 2.46. The van der Waals surface area contributed by atoms with Gasteiger partial charge >= 0.3 is 12.3 Å². The third-order valence-corrected chi connectivity index (χ3v) is 13.4. The molecule has 6 rings (SSSR count). The average Bonchev–Trinajstić information content (AvgIpc) is 4.07. The van der Waals surface area contributed by atoms with Crippen molar-refractivity contribution in [2.24, 2.45) is 17.8 Å². The van der Waals surface area contributed by atoms with Crippen LogP contribution in [-0.2, 0) is 29.1 Å². The second-order valence-electron chi connectivity index (χ2n) is 17.2. The number of fused-ring (bicyclic) bond motifs is 3. The van der Waals surface area contributed by atoms with Gasteiger partial charge in [0.1, 0.15) is 35.2 Å². The largest absolute Gasteiger partial charge is 0.497 e. The first kappa shape index (κ1) is 43.9. The second-order valence-corrected chi connectivity index (χ2v) is 19.2. The number of allylic oxidation sites excluding steroid dienone is 1. The van der Waals surface area contributed by atoms with Gasteiger partial charge in [0.2, 0.25) is 33.3 Å². The number of sulfonamides is 1. The molecule has 0 bridgehead atoms. The molecule has 2 aromatic rings. The lowest BCUT2D eigenvalue weighted by atomic mass is 9.88. The molecule has 0 unspecified atom stereocenters. The molecular weight excluding hydrogens is 798 g/mol. The number of alkyl halides is 3. The molecule has 2 aliphatic carbocycles. The number of nitrogens with zero attached hydrogens (tertiary/aromatic N) is 3. The number of nitrogens with one attached hydrogen (secondary N) is 3. The zero-order valence-corrected chi connectivity index (χ0v) is 35.0. The number of carbonyl (C=O) groups excluding carboxylic acids is 4. The van der Waals surface area contributed by atoms with Gasteiger partial charge in [0, 0.05) is 24.3 Å². The minimum absolute atomic E-state index is 0.0415. The molecule has 1 aromatic carbocycles. The second kappa shape index (κ2) is 16.4. The minimum atomic E-state index is -4.92. The summed E-state index contributed by atoms with van der Waals surface area (Å²) in [5, 5.41) is 4.47. The molecule has 1 aromatic heterocycles. The molecule has 3 fully saturated rings. The Hall–Kier alpha value is -4.68. The summed E-state index contributed by atoms with van der Waals surface area (Å²) < 4.78 is 85.9. The van der Waals surface area contributed by atoms with Crippen molar-refractivity contribution >= 4 is 44.9 Å². The fourth-order valence-electron chi connectivity index (χ4n) is 7.72. The van der Waals surface area contributed by atoms with Crippen molar-refractivity contribution < 1.29 is 55.0 Å². The number of halogens is 3. The van der Waals surface area contributed by atoms with Crippen LogP contribution in [0.15, 0.2) is 30.4 Å². The van der Waals surface area contributed by atoms with Crippen LogP contribution in [0.25, 0.3) is 11.0 Å². The van der Waals surface area contributed by atoms with Crippen LogP contribution >= 0.6 is 0 Å². The highest BCUT2D eigenvalue weighted by atomic mass is 32.2. The molecule has 1 saturated heterocycles. The summed E-state index contributed by atoms with van der Waals surface area (Å²) >= 11 is 0. The number of alkyl carbamates (subject to hydrolysis) is 1. The molecule has 19 heteroatoms. The van der Waals surface area contributed by atoms with E-state index in [4.69, 9.17) is 24.2 Å². The first-order valence-corrected chi connectivity index (χ1v) is 21.5. The highest BCUT2D eigenvalue weighted by Gasteiger charge is 2.62. The number of hydrogen-bond acceptors (Lipinski definition) is 11. The number of hydrogen-bond donors (Lipinski definition) is 3. The summed E-state index contributed by atoms with van der Waals surface area (Å²) in [4.78, 5) is 67.0. The zero-order valence-electron chi connectivity index (χ0n) is 34.2. The fraction of sp³-hybridized carbons (Fsp3) is 0.650. The number of rotatable bonds is 9. The molecule has 4 aliphatic rings. The van der Waals surface area contributed by atoms with Gasteiger partial charge in [-0.15, -0.1) is 0 Å². The molecule has 2 aliphatic heterocycles. The van der Waals surface area contributed by atoms with Crippen molar-refractivity contribution in [2.45, 2.75) is 133 Å². The van der Waals surface area contributed by atoms with Crippen LogP contribution in [0.5, 0.6) is 11.6 Å². The normalized spacial score (nSPS) is 28.7. The molecule has 59 heavy (non-hydrogen) atoms. The lowest BCUT2D eigenvalue weighted by Gasteiger charge is -2.34. The van der Waals surface area contributed by atoms with Crippen LogP contribution in [-0.4, -0.2) is 102 Å². The Labute approximate surface area is 341 Å². The van der Waals surface area contributed by atoms with E-state index in [2.05, 4.69) is 15.4 Å². The Bertz CT molecular complexity index is 2110. The van der Waals surface area contributed by atoms with Gasteiger partial charge < -0.3 is 29.7 Å². The van der Waals surface area contributed by atoms with Crippen LogP contribution in [0.1, 0.15) is 98.1 Å². The summed E-state index contributed by atoms with van der Waals surface area (Å²) in [5.41, 5.74) is -2.99. The molecule has 0 radical (unpaired) electrons. The molecule has 4 amide bonds. The number of carbonyl (C=O) groups is 4. The van der Waals surface area contributed by atoms with Crippen LogP contribution in [0, 0.1) is 17.8 Å². The van der Waals surface area contributed by atoms with E-state index in [0.717, 1.165) is 0 Å². The number of benzene rings is 1. The van der Waals surface area contributed by atoms with Gasteiger partial charge in [0.25, 0.3) is 5.91 Å². The Kier molecular flexibility index (Phi) is 12.2. The standard InChI is InChI=1S/C40H53F3N6O9S/c1-21(2)31-34(45-29-17-25(56-7)12-15-28(29)44-31)57-26-18-30-33(50)47-39(36(52)48-59(54,55)27-13-14-27)19-24(39)11-9-8-10-22(3)16-23(4)32(35(51)49(30)20-26)46-37(53)58-38(5,6)40(41,42)43/h9,11-12,15,17,21-24,26-27,30,32H,8,10,13-14,16,18-20H2,1-7H3,(H,46,53)(H,47,50)(H,48,52)/b11-9-/t22-,23-,24-,26-,30+,32+,39-/m1/s1. The van der Waals surface area contributed by atoms with E-state index in [1.165, 1.54) is 12.0 Å². The van der Waals surface area contributed by atoms with Gasteiger partial charge in [0.15, 0.2) is 0 Å². The molecule has 3 heterocycles. The quantitative estimate of drug-likeness (QED) is 0.286. The van der Waals surface area contributed by atoms with Gasteiger partial charge in [-0.1, -0.05) is 39.8 Å². The third-order valence-electron chi connectivity index (χ3n) is 11.6. The SMILES string of the molecule is COc1ccc2nc(C(C)C)c(O[C@@H]3C[C@H]4C(=O)N[C@]5(C(=O)NS(=O)(=O)C6CC6)C[C@H]5/C=C\CC[C@@H](C)C[C@@H](C)[C@H](NC(=O)OC(C)(C)C(F)(F)F)C(=O)N4C3)nc2c1. The smallest absolute Gasteiger partial charge is 0.427 e. The Morgan fingerprint density at radius 1 is 1.05 bits per heavy atom. The Morgan fingerprint density at radius 2 is 1.76 bits per heavy atom. The monoisotopic (exact) mass is 850 g/mol. The summed E-state index contributed by atoms with van der Waals surface area (Å²) in [6.07, 6.45) is -1.34. The van der Waals surface area contributed by atoms with E-state index in [-0.39, 0.29) is 37.1 Å².